The van der Waals surface area contributed by atoms with E-state index < -0.39 is 0 Å². The molecule has 1 N–H and O–H groups in total. The van der Waals surface area contributed by atoms with Crippen molar-refractivity contribution in [2.45, 2.75) is 25.7 Å². The first-order valence-corrected chi connectivity index (χ1v) is 7.02. The molecule has 21 heavy (non-hydrogen) atoms. The molecule has 7 heteroatoms. The summed E-state index contributed by atoms with van der Waals surface area (Å²) >= 11 is 0. The Kier molecular flexibility index (Phi) is 3.81. The summed E-state index contributed by atoms with van der Waals surface area (Å²) in [5, 5.41) is 7.40. The average molecular weight is 287 g/mol. The lowest BCUT2D eigenvalue weighted by Gasteiger charge is -2.10. The molecule has 0 fully saturated rings. The quantitative estimate of drug-likeness (QED) is 0.839. The summed E-state index contributed by atoms with van der Waals surface area (Å²) in [6, 6.07) is 2.00. The fourth-order valence-corrected chi connectivity index (χ4v) is 2.52. The Morgan fingerprint density at radius 1 is 1.57 bits per heavy atom. The molecule has 3 heterocycles. The average Bonchev–Trinajstić information content (AvgIpc) is 3.14. The molecule has 0 aromatic carbocycles. The van der Waals surface area contributed by atoms with E-state index in [2.05, 4.69) is 20.4 Å². The molecule has 1 aliphatic heterocycles. The Bertz CT molecular complexity index is 626. The van der Waals surface area contributed by atoms with Crippen LogP contribution < -0.4 is 5.32 Å². The van der Waals surface area contributed by atoms with Crippen molar-refractivity contribution in [3.63, 3.8) is 0 Å². The van der Waals surface area contributed by atoms with Crippen LogP contribution in [0.4, 0.5) is 5.69 Å². The topological polar surface area (TPSA) is 81.9 Å². The van der Waals surface area contributed by atoms with Gasteiger partial charge in [-0.3, -0.25) is 4.79 Å². The van der Waals surface area contributed by atoms with Crippen LogP contribution in [0.1, 0.15) is 31.2 Å². The van der Waals surface area contributed by atoms with Crippen molar-refractivity contribution in [2.75, 3.05) is 18.5 Å². The van der Waals surface area contributed by atoms with Gasteiger partial charge in [0, 0.05) is 18.9 Å². The number of anilines is 1. The number of carbonyl (C=O) groups is 1. The highest BCUT2D eigenvalue weighted by Crippen LogP contribution is 2.34. The highest BCUT2D eigenvalue weighted by molar-refractivity contribution is 5.69. The van der Waals surface area contributed by atoms with E-state index in [-0.39, 0.29) is 11.9 Å². The third-order valence-corrected chi connectivity index (χ3v) is 3.56. The molecule has 0 saturated heterocycles. The highest BCUT2D eigenvalue weighted by Gasteiger charge is 2.24. The van der Waals surface area contributed by atoms with Crippen molar-refractivity contribution < 1.29 is 9.53 Å². The Labute approximate surface area is 122 Å². The van der Waals surface area contributed by atoms with Crippen molar-refractivity contribution in [1.82, 2.24) is 19.7 Å². The molecule has 0 amide bonds. The van der Waals surface area contributed by atoms with Crippen molar-refractivity contribution in [3.05, 3.63) is 30.5 Å². The first kappa shape index (κ1) is 13.5. The number of nitrogens with one attached hydrogen (secondary N) is 1. The van der Waals surface area contributed by atoms with Crippen LogP contribution in [0.3, 0.4) is 0 Å². The molecule has 110 valence electrons. The van der Waals surface area contributed by atoms with Crippen molar-refractivity contribution in [2.24, 2.45) is 0 Å². The van der Waals surface area contributed by atoms with Crippen LogP contribution in [0.2, 0.25) is 0 Å². The van der Waals surface area contributed by atoms with Crippen molar-refractivity contribution in [3.8, 4) is 5.82 Å². The molecule has 0 bridgehead atoms. The monoisotopic (exact) mass is 287 g/mol. The minimum Gasteiger partial charge on any atom is -0.466 e. The summed E-state index contributed by atoms with van der Waals surface area (Å²) in [4.78, 5) is 19.8. The second-order valence-corrected chi connectivity index (χ2v) is 4.89. The Morgan fingerprint density at radius 3 is 3.24 bits per heavy atom. The number of hydrogen-bond acceptors (Lipinski definition) is 6. The number of rotatable bonds is 5. The molecule has 2 aromatic rings. The number of hydrogen-bond donors (Lipinski definition) is 1. The zero-order valence-corrected chi connectivity index (χ0v) is 11.8. The van der Waals surface area contributed by atoms with Crippen molar-refractivity contribution >= 4 is 11.7 Å². The standard InChI is InChI=1S/C14H17N5O2/c1-2-21-14(20)4-3-10-6-16-12-7-17-13(5-11(10)12)19-9-15-8-18-19/h5,7-10,16H,2-4,6H2,1H3. The fraction of sp³-hybridized carbons (Fsp3) is 0.429. The van der Waals surface area contributed by atoms with E-state index in [0.29, 0.717) is 13.0 Å². The van der Waals surface area contributed by atoms with Crippen LogP contribution >= 0.6 is 0 Å². The minimum atomic E-state index is -0.142. The minimum absolute atomic E-state index is 0.142. The molecule has 0 aliphatic carbocycles. The van der Waals surface area contributed by atoms with E-state index in [1.807, 2.05) is 13.0 Å². The zero-order chi connectivity index (χ0) is 14.7. The zero-order valence-electron chi connectivity index (χ0n) is 11.8. The Balaban J connectivity index is 1.74. The van der Waals surface area contributed by atoms with Gasteiger partial charge in [-0.1, -0.05) is 0 Å². The summed E-state index contributed by atoms with van der Waals surface area (Å²) < 4.78 is 6.60. The van der Waals surface area contributed by atoms with E-state index in [9.17, 15) is 4.79 Å². The molecule has 0 saturated carbocycles. The van der Waals surface area contributed by atoms with Gasteiger partial charge >= 0.3 is 5.97 Å². The summed E-state index contributed by atoms with van der Waals surface area (Å²) in [6.45, 7) is 3.07. The van der Waals surface area contributed by atoms with Crippen LogP contribution in [0.25, 0.3) is 5.82 Å². The molecule has 1 aliphatic rings. The second-order valence-electron chi connectivity index (χ2n) is 4.89. The lowest BCUT2D eigenvalue weighted by molar-refractivity contribution is -0.143. The van der Waals surface area contributed by atoms with Gasteiger partial charge in [0.1, 0.15) is 12.7 Å². The van der Waals surface area contributed by atoms with Crippen LogP contribution in [0, 0.1) is 0 Å². The van der Waals surface area contributed by atoms with E-state index in [0.717, 1.165) is 24.5 Å². The Hall–Kier alpha value is -2.44. The SMILES string of the molecule is CCOC(=O)CCC1CNc2cnc(-n3cncn3)cc21. The first-order valence-electron chi connectivity index (χ1n) is 7.02. The van der Waals surface area contributed by atoms with Gasteiger partial charge < -0.3 is 10.1 Å². The smallest absolute Gasteiger partial charge is 0.305 e. The number of esters is 1. The summed E-state index contributed by atoms with van der Waals surface area (Å²) in [7, 11) is 0. The van der Waals surface area contributed by atoms with Crippen LogP contribution in [-0.2, 0) is 9.53 Å². The molecule has 3 rings (SSSR count). The number of carbonyl (C=O) groups excluding carboxylic acids is 1. The molecule has 1 unspecified atom stereocenters. The molecule has 2 aromatic heterocycles. The Morgan fingerprint density at radius 2 is 2.48 bits per heavy atom. The van der Waals surface area contributed by atoms with Gasteiger partial charge in [-0.15, -0.1) is 0 Å². The van der Waals surface area contributed by atoms with E-state index in [1.54, 1.807) is 17.2 Å². The predicted octanol–water partition coefficient (Wildman–Crippen LogP) is 1.51. The predicted molar refractivity (Wildman–Crippen MR) is 76.3 cm³/mol. The van der Waals surface area contributed by atoms with Crippen LogP contribution in [0.15, 0.2) is 24.9 Å². The van der Waals surface area contributed by atoms with Gasteiger partial charge in [0.2, 0.25) is 0 Å². The largest absolute Gasteiger partial charge is 0.466 e. The third-order valence-electron chi connectivity index (χ3n) is 3.56. The summed E-state index contributed by atoms with van der Waals surface area (Å²) in [5.41, 5.74) is 2.19. The number of nitrogens with zero attached hydrogens (tertiary/aromatic N) is 4. The van der Waals surface area contributed by atoms with Gasteiger partial charge in [-0.2, -0.15) is 5.10 Å². The fourth-order valence-electron chi connectivity index (χ4n) is 2.52. The molecular weight excluding hydrogens is 270 g/mol. The maximum Gasteiger partial charge on any atom is 0.305 e. The number of ether oxygens (including phenoxy) is 1. The third kappa shape index (κ3) is 2.86. The molecule has 0 spiro atoms. The lowest BCUT2D eigenvalue weighted by atomic mass is 9.97. The highest BCUT2D eigenvalue weighted by atomic mass is 16.5. The lowest BCUT2D eigenvalue weighted by Crippen LogP contribution is -2.08. The van der Waals surface area contributed by atoms with E-state index >= 15 is 0 Å². The number of aromatic nitrogens is 4. The van der Waals surface area contributed by atoms with Gasteiger partial charge in [0.25, 0.3) is 0 Å². The summed E-state index contributed by atoms with van der Waals surface area (Å²) in [6.07, 6.45) is 6.09. The number of pyridine rings is 1. The van der Waals surface area contributed by atoms with Crippen LogP contribution in [0.5, 0.6) is 0 Å². The van der Waals surface area contributed by atoms with Gasteiger partial charge in [-0.05, 0) is 25.0 Å². The number of fused-ring (bicyclic) bond motifs is 1. The first-order chi connectivity index (χ1) is 10.3. The van der Waals surface area contributed by atoms with Gasteiger partial charge in [-0.25, -0.2) is 14.6 Å². The molecular formula is C14H17N5O2. The molecule has 1 atom stereocenters. The van der Waals surface area contributed by atoms with Gasteiger partial charge in [0.15, 0.2) is 5.82 Å². The maximum absolute atomic E-state index is 11.5. The van der Waals surface area contributed by atoms with E-state index in [1.165, 1.54) is 11.9 Å². The summed E-state index contributed by atoms with van der Waals surface area (Å²) in [5.74, 6) is 0.877. The normalized spacial score (nSPS) is 16.3. The van der Waals surface area contributed by atoms with Gasteiger partial charge in [0.05, 0.1) is 18.5 Å². The molecule has 7 nitrogen and oxygen atoms in total. The van der Waals surface area contributed by atoms with Crippen molar-refractivity contribution in [1.29, 1.82) is 0 Å². The molecule has 0 radical (unpaired) electrons. The van der Waals surface area contributed by atoms with E-state index in [4.69, 9.17) is 4.74 Å². The van der Waals surface area contributed by atoms with Crippen LogP contribution in [-0.4, -0.2) is 38.9 Å². The maximum atomic E-state index is 11.5. The second kappa shape index (κ2) is 5.90.